The molecule has 2 aromatic rings. The highest BCUT2D eigenvalue weighted by atomic mass is 79.9. The number of hydrogen-bond donors (Lipinski definition) is 4. The minimum absolute atomic E-state index is 0.247. The fourth-order valence-electron chi connectivity index (χ4n) is 2.24. The van der Waals surface area contributed by atoms with Gasteiger partial charge < -0.3 is 20.7 Å². The lowest BCUT2D eigenvalue weighted by molar-refractivity contribution is 0.0864. The second kappa shape index (κ2) is 5.89. The number of nitrogens with zero attached hydrogens (tertiary/aromatic N) is 4. The minimum Gasteiger partial charge on any atom is -0.465 e. The predicted octanol–water partition coefficient (Wildman–Crippen LogP) is 1.09. The van der Waals surface area contributed by atoms with Crippen molar-refractivity contribution in [2.45, 2.75) is 0 Å². The van der Waals surface area contributed by atoms with Crippen molar-refractivity contribution < 1.29 is 9.90 Å². The largest absolute Gasteiger partial charge is 0.465 e. The van der Waals surface area contributed by atoms with Crippen LogP contribution in [0, 0.1) is 5.92 Å². The molecule has 5 N–H and O–H groups in total. The van der Waals surface area contributed by atoms with E-state index in [0.717, 1.165) is 4.47 Å². The van der Waals surface area contributed by atoms with Crippen LogP contribution in [0.2, 0.25) is 0 Å². The summed E-state index contributed by atoms with van der Waals surface area (Å²) in [5.41, 5.74) is 3.63. The van der Waals surface area contributed by atoms with Crippen LogP contribution in [0.5, 0.6) is 0 Å². The van der Waals surface area contributed by atoms with E-state index in [9.17, 15) is 4.79 Å². The lowest BCUT2D eigenvalue weighted by Gasteiger charge is -2.37. The van der Waals surface area contributed by atoms with Crippen LogP contribution in [-0.2, 0) is 0 Å². The zero-order chi connectivity index (χ0) is 15.7. The third kappa shape index (κ3) is 2.88. The first kappa shape index (κ1) is 14.7. The van der Waals surface area contributed by atoms with Crippen LogP contribution in [0.15, 0.2) is 16.7 Å². The smallest absolute Gasteiger partial charge is 0.407 e. The molecule has 0 radical (unpaired) electrons. The lowest BCUT2D eigenvalue weighted by atomic mass is 10.0. The van der Waals surface area contributed by atoms with Crippen LogP contribution in [0.3, 0.4) is 0 Å². The van der Waals surface area contributed by atoms with Gasteiger partial charge in [-0.3, -0.25) is 0 Å². The topological polar surface area (TPSA) is 129 Å². The van der Waals surface area contributed by atoms with E-state index >= 15 is 0 Å². The summed E-state index contributed by atoms with van der Waals surface area (Å²) in [4.78, 5) is 25.0. The molecule has 1 saturated heterocycles. The Labute approximate surface area is 134 Å². The molecular formula is C12H14BrN7O2. The Bertz CT molecular complexity index is 720. The van der Waals surface area contributed by atoms with E-state index < -0.39 is 6.09 Å². The summed E-state index contributed by atoms with van der Waals surface area (Å²) in [7, 11) is 0. The van der Waals surface area contributed by atoms with E-state index in [1.54, 1.807) is 12.3 Å². The van der Waals surface area contributed by atoms with Gasteiger partial charge in [0.1, 0.15) is 5.52 Å². The summed E-state index contributed by atoms with van der Waals surface area (Å²) in [6.07, 6.45) is 0.758. The van der Waals surface area contributed by atoms with Crippen molar-refractivity contribution in [1.29, 1.82) is 0 Å². The zero-order valence-electron chi connectivity index (χ0n) is 11.5. The molecule has 3 rings (SSSR count). The molecule has 116 valence electrons. The number of rotatable bonds is 4. The first-order chi connectivity index (χ1) is 10.6. The number of hydrogen-bond acceptors (Lipinski definition) is 7. The van der Waals surface area contributed by atoms with Gasteiger partial charge in [0.2, 0.25) is 0 Å². The van der Waals surface area contributed by atoms with Gasteiger partial charge in [-0.2, -0.15) is 0 Å². The Morgan fingerprint density at radius 3 is 2.91 bits per heavy atom. The van der Waals surface area contributed by atoms with Crippen molar-refractivity contribution in [2.24, 2.45) is 11.8 Å². The predicted molar refractivity (Wildman–Crippen MR) is 84.4 cm³/mol. The van der Waals surface area contributed by atoms with Crippen molar-refractivity contribution in [2.75, 3.05) is 30.4 Å². The molecule has 2 aromatic heterocycles. The normalized spacial score (nSPS) is 14.7. The number of nitrogens with one attached hydrogen (secondary N) is 2. The fourth-order valence-corrected chi connectivity index (χ4v) is 2.56. The van der Waals surface area contributed by atoms with Crippen molar-refractivity contribution in [3.63, 3.8) is 0 Å². The summed E-state index contributed by atoms with van der Waals surface area (Å²) in [5, 5.41) is 11.9. The monoisotopic (exact) mass is 367 g/mol. The van der Waals surface area contributed by atoms with Crippen LogP contribution < -0.4 is 16.6 Å². The summed E-state index contributed by atoms with van der Waals surface area (Å²) in [6.45, 7) is 1.62. The van der Waals surface area contributed by atoms with Crippen molar-refractivity contribution in [3.05, 3.63) is 16.7 Å². The molecule has 0 unspecified atom stereocenters. The summed E-state index contributed by atoms with van der Waals surface area (Å²) in [5.74, 6) is 6.65. The second-order valence-electron chi connectivity index (χ2n) is 5.00. The molecule has 3 heterocycles. The Hall–Kier alpha value is -2.20. The number of nitrogens with two attached hydrogens (primary N) is 1. The minimum atomic E-state index is -0.888. The van der Waals surface area contributed by atoms with Gasteiger partial charge in [0, 0.05) is 36.2 Å². The van der Waals surface area contributed by atoms with E-state index in [-0.39, 0.29) is 5.92 Å². The van der Waals surface area contributed by atoms with Gasteiger partial charge in [0.25, 0.3) is 0 Å². The maximum Gasteiger partial charge on any atom is 0.407 e. The molecule has 1 aliphatic heterocycles. The number of halogens is 1. The van der Waals surface area contributed by atoms with Crippen molar-refractivity contribution in [1.82, 2.24) is 19.9 Å². The summed E-state index contributed by atoms with van der Waals surface area (Å²) < 4.78 is 0.807. The Morgan fingerprint density at radius 1 is 1.45 bits per heavy atom. The number of nitrogen functional groups attached to an aromatic ring is 1. The SMILES string of the molecule is NNc1nc2cc(Br)cnc2nc1NCC1CN(C(=O)O)C1. The third-order valence-corrected chi connectivity index (χ3v) is 3.84. The molecule has 0 aliphatic carbocycles. The zero-order valence-corrected chi connectivity index (χ0v) is 13.0. The molecule has 22 heavy (non-hydrogen) atoms. The number of carbonyl (C=O) groups is 1. The number of hydrazine groups is 1. The van der Waals surface area contributed by atoms with Gasteiger partial charge in [0.15, 0.2) is 17.3 Å². The van der Waals surface area contributed by atoms with Crippen LogP contribution in [0.1, 0.15) is 0 Å². The number of anilines is 2. The Morgan fingerprint density at radius 2 is 2.23 bits per heavy atom. The highest BCUT2D eigenvalue weighted by Gasteiger charge is 2.30. The molecule has 9 nitrogen and oxygen atoms in total. The number of amides is 1. The third-order valence-electron chi connectivity index (χ3n) is 3.41. The maximum absolute atomic E-state index is 10.7. The van der Waals surface area contributed by atoms with Crippen molar-refractivity contribution in [3.8, 4) is 0 Å². The molecule has 0 atom stereocenters. The van der Waals surface area contributed by atoms with Gasteiger partial charge in [0.05, 0.1) is 0 Å². The Balaban J connectivity index is 1.73. The summed E-state index contributed by atoms with van der Waals surface area (Å²) >= 11 is 3.33. The average Bonchev–Trinajstić information content (AvgIpc) is 2.44. The second-order valence-corrected chi connectivity index (χ2v) is 5.91. The first-order valence-electron chi connectivity index (χ1n) is 6.58. The number of pyridine rings is 1. The number of likely N-dealkylation sites (tertiary alicyclic amines) is 1. The number of fused-ring (bicyclic) bond motifs is 1. The quantitative estimate of drug-likeness (QED) is 0.466. The van der Waals surface area contributed by atoms with E-state index in [0.29, 0.717) is 42.4 Å². The van der Waals surface area contributed by atoms with Crippen molar-refractivity contribution >= 4 is 44.8 Å². The van der Waals surface area contributed by atoms with E-state index in [1.807, 2.05) is 0 Å². The molecule has 0 bridgehead atoms. The molecule has 1 amide bonds. The standard InChI is InChI=1S/C12H14BrN7O2/c13-7-1-8-9(16-3-7)18-10(11(17-8)19-14)15-2-6-4-20(5-6)12(21)22/h1,3,6H,2,4-5,14H2,(H,17,19)(H,21,22)(H,15,16,18). The van der Waals surface area contributed by atoms with Gasteiger partial charge in [-0.05, 0) is 22.0 Å². The van der Waals surface area contributed by atoms with Gasteiger partial charge >= 0.3 is 6.09 Å². The molecule has 0 spiro atoms. The van der Waals surface area contributed by atoms with Gasteiger partial charge in [-0.15, -0.1) is 0 Å². The van der Waals surface area contributed by atoms with Crippen LogP contribution in [0.4, 0.5) is 16.4 Å². The number of carboxylic acid groups (broad SMARTS) is 1. The molecule has 10 heteroatoms. The van der Waals surface area contributed by atoms with Crippen LogP contribution >= 0.6 is 15.9 Å². The maximum atomic E-state index is 10.7. The molecule has 0 aromatic carbocycles. The van der Waals surface area contributed by atoms with Crippen LogP contribution in [-0.4, -0.2) is 50.7 Å². The number of aromatic nitrogens is 3. The van der Waals surface area contributed by atoms with E-state index in [1.165, 1.54) is 4.90 Å². The highest BCUT2D eigenvalue weighted by molar-refractivity contribution is 9.10. The average molecular weight is 368 g/mol. The fraction of sp³-hybridized carbons (Fsp3) is 0.333. The molecule has 1 fully saturated rings. The summed E-state index contributed by atoms with van der Waals surface area (Å²) in [6, 6.07) is 1.80. The van der Waals surface area contributed by atoms with Gasteiger partial charge in [-0.25, -0.2) is 25.6 Å². The molecule has 0 saturated carbocycles. The van der Waals surface area contributed by atoms with Gasteiger partial charge in [-0.1, -0.05) is 0 Å². The highest BCUT2D eigenvalue weighted by Crippen LogP contribution is 2.23. The van der Waals surface area contributed by atoms with E-state index in [2.05, 4.69) is 41.6 Å². The van der Waals surface area contributed by atoms with E-state index in [4.69, 9.17) is 10.9 Å². The Kier molecular flexibility index (Phi) is 3.94. The molecule has 1 aliphatic rings. The van der Waals surface area contributed by atoms with Crippen LogP contribution in [0.25, 0.3) is 11.2 Å². The lowest BCUT2D eigenvalue weighted by Crippen LogP contribution is -2.51. The molecular weight excluding hydrogens is 354 g/mol. The first-order valence-corrected chi connectivity index (χ1v) is 7.38.